The molecule has 0 N–H and O–H groups in total. The number of fused-ring (bicyclic) bond motifs is 8. The average Bonchev–Trinajstić information content (AvgIpc) is 3.71. The fourth-order valence-corrected chi connectivity index (χ4v) is 8.38. The number of para-hydroxylation sites is 5. The number of hydrogen-bond acceptors (Lipinski definition) is 1. The number of rotatable bonds is 4. The third-order valence-electron chi connectivity index (χ3n) is 10.6. The van der Waals surface area contributed by atoms with Crippen molar-refractivity contribution in [3.63, 3.8) is 0 Å². The van der Waals surface area contributed by atoms with Crippen molar-refractivity contribution in [1.82, 2.24) is 9.13 Å². The van der Waals surface area contributed by atoms with Crippen LogP contribution in [0.25, 0.3) is 77.2 Å². The van der Waals surface area contributed by atoms with Crippen LogP contribution in [-0.2, 0) is 0 Å². The average molecular weight is 650 g/mol. The molecule has 10 aromatic rings. The molecular weight excluding hydrogens is 619 g/mol. The first-order valence-corrected chi connectivity index (χ1v) is 17.5. The smallest absolute Gasteiger partial charge is 0.0783 e. The van der Waals surface area contributed by atoms with E-state index in [1.165, 1.54) is 82.9 Å². The largest absolute Gasteiger partial charge is 0.309 e. The van der Waals surface area contributed by atoms with E-state index < -0.39 is 0 Å². The summed E-state index contributed by atoms with van der Waals surface area (Å²) in [5.74, 6) is 0. The standard InChI is InChI=1S/C48H31N3/c1-4-15-32(16-5-1)34-27-35(33-17-6-2-7-18-33)29-37(28-34)50-42-23-11-10-21-38(42)40-30-47-41(31-46(40)50)39-22-14-26-45-48(39)51(47)44-25-13-12-24-43(44)49(45)36-19-8-3-9-20-36/h1-31H. The number of benzene rings is 8. The Morgan fingerprint density at radius 1 is 0.275 bits per heavy atom. The molecule has 1 aliphatic heterocycles. The first-order valence-electron chi connectivity index (χ1n) is 17.5. The summed E-state index contributed by atoms with van der Waals surface area (Å²) in [6, 6.07) is 68.5. The summed E-state index contributed by atoms with van der Waals surface area (Å²) in [6.45, 7) is 0. The molecule has 0 radical (unpaired) electrons. The SMILES string of the molecule is c1ccc(-c2cc(-c3ccccc3)cc(-n3c4ccccc4c4cc5c(cc43)c3cccc4c3n5-c3ccccc3N4c3ccccc3)c2)cc1. The van der Waals surface area contributed by atoms with E-state index in [2.05, 4.69) is 202 Å². The van der Waals surface area contributed by atoms with Gasteiger partial charge in [0.15, 0.2) is 0 Å². The van der Waals surface area contributed by atoms with E-state index in [0.29, 0.717) is 0 Å². The highest BCUT2D eigenvalue weighted by atomic mass is 15.2. The molecule has 11 rings (SSSR count). The van der Waals surface area contributed by atoms with Crippen LogP contribution in [0.1, 0.15) is 0 Å². The Labute approximate surface area is 295 Å². The summed E-state index contributed by atoms with van der Waals surface area (Å²) in [6.07, 6.45) is 0. The highest BCUT2D eigenvalue weighted by molar-refractivity contribution is 6.22. The third-order valence-corrected chi connectivity index (χ3v) is 10.6. The number of nitrogens with zero attached hydrogens (tertiary/aromatic N) is 3. The van der Waals surface area contributed by atoms with Crippen LogP contribution >= 0.6 is 0 Å². The maximum absolute atomic E-state index is 2.49. The second-order valence-corrected chi connectivity index (χ2v) is 13.4. The minimum atomic E-state index is 1.15. The molecule has 0 amide bonds. The van der Waals surface area contributed by atoms with E-state index in [1.54, 1.807) is 0 Å². The van der Waals surface area contributed by atoms with Gasteiger partial charge in [0.05, 0.1) is 39.1 Å². The lowest BCUT2D eigenvalue weighted by Crippen LogP contribution is -2.17. The predicted molar refractivity (Wildman–Crippen MR) is 214 cm³/mol. The molecule has 0 fully saturated rings. The Morgan fingerprint density at radius 3 is 1.51 bits per heavy atom. The topological polar surface area (TPSA) is 13.1 Å². The zero-order chi connectivity index (χ0) is 33.5. The second kappa shape index (κ2) is 10.8. The maximum Gasteiger partial charge on any atom is 0.0783 e. The summed E-state index contributed by atoms with van der Waals surface area (Å²) >= 11 is 0. The minimum absolute atomic E-state index is 1.15. The van der Waals surface area contributed by atoms with Crippen molar-refractivity contribution >= 4 is 60.7 Å². The lowest BCUT2D eigenvalue weighted by atomic mass is 9.98. The van der Waals surface area contributed by atoms with Gasteiger partial charge in [-0.05, 0) is 89.0 Å². The van der Waals surface area contributed by atoms with Crippen LogP contribution in [0.3, 0.4) is 0 Å². The Kier molecular flexibility index (Phi) is 5.96. The predicted octanol–water partition coefficient (Wildman–Crippen LogP) is 13.0. The van der Waals surface area contributed by atoms with Crippen LogP contribution in [0.2, 0.25) is 0 Å². The second-order valence-electron chi connectivity index (χ2n) is 13.4. The third kappa shape index (κ3) is 4.12. The van der Waals surface area contributed by atoms with Gasteiger partial charge in [0.1, 0.15) is 0 Å². The van der Waals surface area contributed by atoms with E-state index in [0.717, 1.165) is 11.4 Å². The van der Waals surface area contributed by atoms with Gasteiger partial charge < -0.3 is 14.0 Å². The summed E-state index contributed by atoms with van der Waals surface area (Å²) in [5.41, 5.74) is 15.5. The van der Waals surface area contributed by atoms with E-state index in [9.17, 15) is 0 Å². The van der Waals surface area contributed by atoms with Gasteiger partial charge in [0.25, 0.3) is 0 Å². The maximum atomic E-state index is 2.49. The van der Waals surface area contributed by atoms with Crippen molar-refractivity contribution in [1.29, 1.82) is 0 Å². The van der Waals surface area contributed by atoms with E-state index in [4.69, 9.17) is 0 Å². The number of hydrogen-bond donors (Lipinski definition) is 0. The lowest BCUT2D eigenvalue weighted by molar-refractivity contribution is 1.11. The highest BCUT2D eigenvalue weighted by Crippen LogP contribution is 2.50. The van der Waals surface area contributed by atoms with Gasteiger partial charge in [-0.2, -0.15) is 0 Å². The van der Waals surface area contributed by atoms with E-state index in [-0.39, 0.29) is 0 Å². The zero-order valence-corrected chi connectivity index (χ0v) is 27.7. The molecule has 3 nitrogen and oxygen atoms in total. The molecule has 0 atom stereocenters. The number of anilines is 3. The van der Waals surface area contributed by atoms with Crippen molar-refractivity contribution in [2.24, 2.45) is 0 Å². The lowest BCUT2D eigenvalue weighted by Gasteiger charge is -2.33. The highest BCUT2D eigenvalue weighted by Gasteiger charge is 2.29. The van der Waals surface area contributed by atoms with Crippen LogP contribution in [0.4, 0.5) is 17.1 Å². The molecule has 0 saturated heterocycles. The Hall–Kier alpha value is -6.84. The number of aromatic nitrogens is 2. The van der Waals surface area contributed by atoms with Gasteiger partial charge >= 0.3 is 0 Å². The minimum Gasteiger partial charge on any atom is -0.309 e. The molecule has 3 heterocycles. The van der Waals surface area contributed by atoms with E-state index in [1.807, 2.05) is 0 Å². The molecule has 238 valence electrons. The summed E-state index contributed by atoms with van der Waals surface area (Å²) in [4.78, 5) is 2.41. The quantitative estimate of drug-likeness (QED) is 0.185. The first kappa shape index (κ1) is 28.0. The van der Waals surface area contributed by atoms with Crippen molar-refractivity contribution in [2.75, 3.05) is 4.90 Å². The van der Waals surface area contributed by atoms with Gasteiger partial charge in [0, 0.05) is 32.9 Å². The van der Waals surface area contributed by atoms with Crippen LogP contribution in [0.5, 0.6) is 0 Å². The molecule has 0 aliphatic carbocycles. The van der Waals surface area contributed by atoms with Crippen molar-refractivity contribution in [3.8, 4) is 33.6 Å². The molecule has 8 aromatic carbocycles. The zero-order valence-electron chi connectivity index (χ0n) is 27.7. The van der Waals surface area contributed by atoms with Gasteiger partial charge in [0.2, 0.25) is 0 Å². The Balaban J connectivity index is 1.24. The normalized spacial score (nSPS) is 12.3. The van der Waals surface area contributed by atoms with Gasteiger partial charge in [-0.1, -0.05) is 121 Å². The van der Waals surface area contributed by atoms with Crippen LogP contribution in [0.15, 0.2) is 188 Å². The summed E-state index contributed by atoms with van der Waals surface area (Å²) < 4.78 is 4.96. The van der Waals surface area contributed by atoms with Crippen LogP contribution < -0.4 is 4.90 Å². The molecule has 2 aromatic heterocycles. The van der Waals surface area contributed by atoms with Crippen molar-refractivity contribution in [3.05, 3.63) is 188 Å². The van der Waals surface area contributed by atoms with Gasteiger partial charge in [-0.3, -0.25) is 0 Å². The van der Waals surface area contributed by atoms with Gasteiger partial charge in [-0.25, -0.2) is 0 Å². The van der Waals surface area contributed by atoms with Crippen molar-refractivity contribution < 1.29 is 0 Å². The van der Waals surface area contributed by atoms with Crippen LogP contribution in [-0.4, -0.2) is 9.13 Å². The van der Waals surface area contributed by atoms with Crippen LogP contribution in [0, 0.1) is 0 Å². The molecule has 0 unspecified atom stereocenters. The molecule has 0 spiro atoms. The Morgan fingerprint density at radius 2 is 0.804 bits per heavy atom. The monoisotopic (exact) mass is 649 g/mol. The molecule has 1 aliphatic rings. The van der Waals surface area contributed by atoms with Crippen molar-refractivity contribution in [2.45, 2.75) is 0 Å². The molecule has 0 saturated carbocycles. The fourth-order valence-electron chi connectivity index (χ4n) is 8.38. The Bertz CT molecular complexity index is 2900. The molecule has 0 bridgehead atoms. The summed E-state index contributed by atoms with van der Waals surface area (Å²) in [5, 5.41) is 4.98. The fraction of sp³-hybridized carbons (Fsp3) is 0. The van der Waals surface area contributed by atoms with E-state index >= 15 is 0 Å². The summed E-state index contributed by atoms with van der Waals surface area (Å²) in [7, 11) is 0. The van der Waals surface area contributed by atoms with Gasteiger partial charge in [-0.15, -0.1) is 0 Å². The molecule has 3 heteroatoms. The molecule has 51 heavy (non-hydrogen) atoms. The first-order chi connectivity index (χ1) is 25.3. The molecular formula is C48H31N3.